The largest absolute Gasteiger partial charge is 0.465 e. The monoisotopic (exact) mass is 306 g/mol. The molecule has 2 aliphatic heterocycles. The Kier molecular flexibility index (Phi) is 4.49. The van der Waals surface area contributed by atoms with Gasteiger partial charge in [-0.05, 0) is 39.7 Å². The summed E-state index contributed by atoms with van der Waals surface area (Å²) in [5.41, 5.74) is 1.78. The van der Waals surface area contributed by atoms with Crippen LogP contribution in [0.2, 0.25) is 0 Å². The maximum absolute atomic E-state index is 12.7. The van der Waals surface area contributed by atoms with Crippen LogP contribution in [0.3, 0.4) is 0 Å². The van der Waals surface area contributed by atoms with Crippen LogP contribution in [0.5, 0.6) is 0 Å². The number of esters is 1. The highest BCUT2D eigenvalue weighted by Gasteiger charge is 2.51. The van der Waals surface area contributed by atoms with Crippen molar-refractivity contribution >= 4 is 5.97 Å². The van der Waals surface area contributed by atoms with Gasteiger partial charge in [0.25, 0.3) is 0 Å². The quantitative estimate of drug-likeness (QED) is 0.819. The van der Waals surface area contributed by atoms with Gasteiger partial charge in [-0.3, -0.25) is 9.69 Å². The molecule has 3 heterocycles. The minimum Gasteiger partial charge on any atom is -0.465 e. The molecule has 6 nitrogen and oxygen atoms in total. The summed E-state index contributed by atoms with van der Waals surface area (Å²) in [6.07, 6.45) is 4.67. The molecule has 122 valence electrons. The van der Waals surface area contributed by atoms with Crippen LogP contribution in [-0.2, 0) is 16.1 Å². The van der Waals surface area contributed by atoms with E-state index in [1.54, 1.807) is 6.33 Å². The van der Waals surface area contributed by atoms with Crippen LogP contribution >= 0.6 is 0 Å². The highest BCUT2D eigenvalue weighted by atomic mass is 16.5. The molecule has 1 aromatic heterocycles. The summed E-state index contributed by atoms with van der Waals surface area (Å²) in [6, 6.07) is 0.247. The van der Waals surface area contributed by atoms with E-state index in [2.05, 4.69) is 20.2 Å². The number of aromatic amines is 1. The van der Waals surface area contributed by atoms with Crippen molar-refractivity contribution in [1.82, 2.24) is 20.2 Å². The van der Waals surface area contributed by atoms with Gasteiger partial charge in [0, 0.05) is 31.4 Å². The van der Waals surface area contributed by atoms with Crippen LogP contribution in [0.4, 0.5) is 0 Å². The molecule has 2 saturated heterocycles. The van der Waals surface area contributed by atoms with Gasteiger partial charge in [-0.1, -0.05) is 0 Å². The zero-order chi connectivity index (χ0) is 15.6. The Morgan fingerprint density at radius 2 is 2.45 bits per heavy atom. The van der Waals surface area contributed by atoms with Gasteiger partial charge >= 0.3 is 5.97 Å². The predicted octanol–water partition coefficient (Wildman–Crippen LogP) is 1.23. The Morgan fingerprint density at radius 1 is 1.59 bits per heavy atom. The summed E-state index contributed by atoms with van der Waals surface area (Å²) in [4.78, 5) is 22.5. The van der Waals surface area contributed by atoms with Crippen molar-refractivity contribution in [1.29, 1.82) is 0 Å². The summed E-state index contributed by atoms with van der Waals surface area (Å²) >= 11 is 0. The van der Waals surface area contributed by atoms with E-state index >= 15 is 0 Å². The maximum Gasteiger partial charge on any atom is 0.314 e. The Labute approximate surface area is 131 Å². The van der Waals surface area contributed by atoms with E-state index < -0.39 is 5.41 Å². The third-order valence-corrected chi connectivity index (χ3v) is 5.09. The second kappa shape index (κ2) is 6.38. The molecule has 2 fully saturated rings. The Bertz CT molecular complexity index is 530. The fourth-order valence-electron chi connectivity index (χ4n) is 3.88. The Morgan fingerprint density at radius 3 is 3.18 bits per heavy atom. The van der Waals surface area contributed by atoms with Gasteiger partial charge in [0.15, 0.2) is 0 Å². The number of nitrogens with one attached hydrogen (secondary N) is 2. The third-order valence-electron chi connectivity index (χ3n) is 5.09. The molecule has 2 N–H and O–H groups in total. The van der Waals surface area contributed by atoms with E-state index in [1.807, 2.05) is 13.8 Å². The minimum atomic E-state index is -0.392. The number of likely N-dealkylation sites (tertiary alicyclic amines) is 1. The SMILES string of the molecule is CCOC(=O)[C@]12CCCN[C@@H]1CCN(Cc1nc[nH]c1C)C2. The number of ether oxygens (including phenoxy) is 1. The van der Waals surface area contributed by atoms with Crippen LogP contribution < -0.4 is 5.32 Å². The van der Waals surface area contributed by atoms with Gasteiger partial charge in [0.05, 0.1) is 24.0 Å². The summed E-state index contributed by atoms with van der Waals surface area (Å²) in [7, 11) is 0. The predicted molar refractivity (Wildman–Crippen MR) is 83.3 cm³/mol. The second-order valence-corrected chi connectivity index (χ2v) is 6.46. The molecule has 1 aromatic rings. The molecule has 22 heavy (non-hydrogen) atoms. The van der Waals surface area contributed by atoms with Crippen LogP contribution in [0, 0.1) is 12.3 Å². The first-order valence-electron chi connectivity index (χ1n) is 8.27. The molecule has 2 atom stereocenters. The van der Waals surface area contributed by atoms with Crippen LogP contribution in [0.25, 0.3) is 0 Å². The van der Waals surface area contributed by atoms with Gasteiger partial charge < -0.3 is 15.0 Å². The molecule has 0 aromatic carbocycles. The molecule has 0 spiro atoms. The number of carbonyl (C=O) groups is 1. The molecule has 0 bridgehead atoms. The van der Waals surface area contributed by atoms with E-state index in [4.69, 9.17) is 4.74 Å². The van der Waals surface area contributed by atoms with Gasteiger partial charge in [0.2, 0.25) is 0 Å². The third kappa shape index (κ3) is 2.77. The molecule has 2 aliphatic rings. The van der Waals surface area contributed by atoms with Crippen molar-refractivity contribution in [2.24, 2.45) is 5.41 Å². The number of hydrogen-bond donors (Lipinski definition) is 2. The fourth-order valence-corrected chi connectivity index (χ4v) is 3.88. The summed E-state index contributed by atoms with van der Waals surface area (Å²) in [6.45, 7) is 7.92. The Balaban J connectivity index is 1.77. The molecule has 0 radical (unpaired) electrons. The zero-order valence-corrected chi connectivity index (χ0v) is 13.5. The smallest absolute Gasteiger partial charge is 0.314 e. The summed E-state index contributed by atoms with van der Waals surface area (Å²) in [5, 5.41) is 3.54. The van der Waals surface area contributed by atoms with Crippen molar-refractivity contribution in [2.45, 2.75) is 45.7 Å². The average molecular weight is 306 g/mol. The highest BCUT2D eigenvalue weighted by molar-refractivity contribution is 5.78. The first-order chi connectivity index (χ1) is 10.7. The number of aryl methyl sites for hydroxylation is 1. The lowest BCUT2D eigenvalue weighted by molar-refractivity contribution is -0.164. The van der Waals surface area contributed by atoms with Crippen LogP contribution in [0.1, 0.15) is 37.6 Å². The molecular weight excluding hydrogens is 280 g/mol. The normalized spacial score (nSPS) is 29.1. The van der Waals surface area contributed by atoms with E-state index in [0.29, 0.717) is 6.61 Å². The van der Waals surface area contributed by atoms with Crippen molar-refractivity contribution in [2.75, 3.05) is 26.2 Å². The fraction of sp³-hybridized carbons (Fsp3) is 0.750. The molecule has 6 heteroatoms. The van der Waals surface area contributed by atoms with Gasteiger partial charge in [-0.25, -0.2) is 4.98 Å². The summed E-state index contributed by atoms with van der Waals surface area (Å²) < 4.78 is 5.42. The standard InChI is InChI=1S/C16H26N4O2/c1-3-22-15(21)16-6-4-7-17-14(16)5-8-20(10-16)9-13-12(2)18-11-19-13/h11,14,17H,3-10H2,1-2H3,(H,18,19)/t14-,16+/m1/s1. The van der Waals surface area contributed by atoms with E-state index in [0.717, 1.165) is 56.8 Å². The molecule has 3 rings (SSSR count). The van der Waals surface area contributed by atoms with Crippen molar-refractivity contribution < 1.29 is 9.53 Å². The number of hydrogen-bond acceptors (Lipinski definition) is 5. The number of carbonyl (C=O) groups excluding carboxylic acids is 1. The average Bonchev–Trinajstić information content (AvgIpc) is 2.92. The highest BCUT2D eigenvalue weighted by Crippen LogP contribution is 2.39. The van der Waals surface area contributed by atoms with Gasteiger partial charge in [-0.2, -0.15) is 0 Å². The zero-order valence-electron chi connectivity index (χ0n) is 13.5. The van der Waals surface area contributed by atoms with Crippen molar-refractivity contribution in [3.05, 3.63) is 17.7 Å². The number of fused-ring (bicyclic) bond motifs is 1. The molecule has 0 unspecified atom stereocenters. The Hall–Kier alpha value is -1.40. The molecule has 0 aliphatic carbocycles. The number of nitrogens with zero attached hydrogens (tertiary/aromatic N) is 2. The van der Waals surface area contributed by atoms with Gasteiger partial charge in [0.1, 0.15) is 0 Å². The topological polar surface area (TPSA) is 70.2 Å². The van der Waals surface area contributed by atoms with Crippen molar-refractivity contribution in [3.63, 3.8) is 0 Å². The van der Waals surface area contributed by atoms with Crippen LogP contribution in [-0.4, -0.2) is 53.1 Å². The number of H-pyrrole nitrogens is 1. The van der Waals surface area contributed by atoms with Crippen LogP contribution in [0.15, 0.2) is 6.33 Å². The lowest BCUT2D eigenvalue weighted by atomic mass is 9.70. The number of aromatic nitrogens is 2. The van der Waals surface area contributed by atoms with E-state index in [9.17, 15) is 4.79 Å². The molecular formula is C16H26N4O2. The first kappa shape index (κ1) is 15.5. The first-order valence-corrected chi connectivity index (χ1v) is 8.27. The second-order valence-electron chi connectivity index (χ2n) is 6.46. The van der Waals surface area contributed by atoms with E-state index in [1.165, 1.54) is 0 Å². The number of piperidine rings is 2. The van der Waals surface area contributed by atoms with E-state index in [-0.39, 0.29) is 12.0 Å². The van der Waals surface area contributed by atoms with Gasteiger partial charge in [-0.15, -0.1) is 0 Å². The lowest BCUT2D eigenvalue weighted by Gasteiger charge is -2.49. The molecule has 0 amide bonds. The lowest BCUT2D eigenvalue weighted by Crippen LogP contribution is -2.63. The summed E-state index contributed by atoms with van der Waals surface area (Å²) in [5.74, 6) is -0.0318. The minimum absolute atomic E-state index is 0.0318. The van der Waals surface area contributed by atoms with Crippen molar-refractivity contribution in [3.8, 4) is 0 Å². The number of rotatable bonds is 4. The molecule has 0 saturated carbocycles. The number of imidazole rings is 1. The maximum atomic E-state index is 12.7.